The lowest BCUT2D eigenvalue weighted by atomic mass is 10.1. The number of nitrogens with one attached hydrogen (secondary N) is 1. The summed E-state index contributed by atoms with van der Waals surface area (Å²) >= 11 is 0. The lowest BCUT2D eigenvalue weighted by Gasteiger charge is -2.14. The first-order valence-electron chi connectivity index (χ1n) is 10.6. The van der Waals surface area contributed by atoms with E-state index in [1.165, 1.54) is 11.1 Å². The van der Waals surface area contributed by atoms with Crippen LogP contribution in [0, 0.1) is 39.0 Å². The SMILES string of the molecule is Cc1cccc(-n2c(C)cc(C=C(C#N)C(=O)Nc3ccc4ccccc4c3)c2C)c1C. The zero-order valence-electron chi connectivity index (χ0n) is 18.7. The van der Waals surface area contributed by atoms with Crippen molar-refractivity contribution in [2.24, 2.45) is 0 Å². The van der Waals surface area contributed by atoms with Crippen molar-refractivity contribution >= 4 is 28.4 Å². The Bertz CT molecular complexity index is 1420. The maximum absolute atomic E-state index is 12.8. The number of hydrogen-bond acceptors (Lipinski definition) is 2. The molecule has 0 atom stereocenters. The van der Waals surface area contributed by atoms with E-state index in [-0.39, 0.29) is 5.57 Å². The summed E-state index contributed by atoms with van der Waals surface area (Å²) in [5.41, 5.74) is 7.17. The normalized spacial score (nSPS) is 11.4. The Hall–Kier alpha value is -4.10. The molecule has 1 heterocycles. The number of benzene rings is 3. The summed E-state index contributed by atoms with van der Waals surface area (Å²) in [6.45, 7) is 8.25. The number of fused-ring (bicyclic) bond motifs is 1. The fourth-order valence-electron chi connectivity index (χ4n) is 4.05. The first-order valence-corrected chi connectivity index (χ1v) is 10.6. The van der Waals surface area contributed by atoms with Crippen LogP contribution in [0.5, 0.6) is 0 Å². The minimum atomic E-state index is -0.417. The molecular weight excluding hydrogens is 394 g/mol. The average Bonchev–Trinajstić information content (AvgIpc) is 3.06. The lowest BCUT2D eigenvalue weighted by Crippen LogP contribution is -2.13. The molecule has 0 fully saturated rings. The highest BCUT2D eigenvalue weighted by atomic mass is 16.1. The molecule has 0 aliphatic heterocycles. The number of hydrogen-bond donors (Lipinski definition) is 1. The summed E-state index contributed by atoms with van der Waals surface area (Å²) in [4.78, 5) is 12.8. The molecule has 4 rings (SSSR count). The van der Waals surface area contributed by atoms with Crippen LogP contribution in [0.1, 0.15) is 28.1 Å². The second-order valence-corrected chi connectivity index (χ2v) is 8.07. The smallest absolute Gasteiger partial charge is 0.266 e. The van der Waals surface area contributed by atoms with Gasteiger partial charge in [-0.05, 0) is 85.5 Å². The van der Waals surface area contributed by atoms with Gasteiger partial charge in [-0.1, -0.05) is 42.5 Å². The quantitative estimate of drug-likeness (QED) is 0.307. The van der Waals surface area contributed by atoms with Crippen molar-refractivity contribution in [3.05, 3.63) is 100 Å². The molecule has 4 nitrogen and oxygen atoms in total. The Morgan fingerprint density at radius 2 is 1.69 bits per heavy atom. The topological polar surface area (TPSA) is 57.8 Å². The zero-order valence-corrected chi connectivity index (χ0v) is 18.7. The molecule has 32 heavy (non-hydrogen) atoms. The summed E-state index contributed by atoms with van der Waals surface area (Å²) in [6, 6.07) is 24.0. The number of anilines is 1. The molecule has 158 valence electrons. The van der Waals surface area contributed by atoms with Crippen molar-refractivity contribution < 1.29 is 4.79 Å². The molecular formula is C28H25N3O. The molecule has 0 unspecified atom stereocenters. The summed E-state index contributed by atoms with van der Waals surface area (Å²) < 4.78 is 2.17. The van der Waals surface area contributed by atoms with Gasteiger partial charge in [-0.25, -0.2) is 0 Å². The van der Waals surface area contributed by atoms with Crippen molar-refractivity contribution in [1.82, 2.24) is 4.57 Å². The highest BCUT2D eigenvalue weighted by Gasteiger charge is 2.15. The Balaban J connectivity index is 1.66. The molecule has 1 N–H and O–H groups in total. The second kappa shape index (κ2) is 8.56. The molecule has 0 radical (unpaired) electrons. The largest absolute Gasteiger partial charge is 0.321 e. The maximum Gasteiger partial charge on any atom is 0.266 e. The van der Waals surface area contributed by atoms with E-state index in [2.05, 4.69) is 41.9 Å². The molecule has 1 amide bonds. The molecule has 0 aliphatic rings. The molecule has 0 saturated carbocycles. The van der Waals surface area contributed by atoms with Crippen molar-refractivity contribution in [2.75, 3.05) is 5.32 Å². The average molecular weight is 420 g/mol. The predicted octanol–water partition coefficient (Wildman–Crippen LogP) is 6.41. The van der Waals surface area contributed by atoms with Gasteiger partial charge in [0, 0.05) is 22.8 Å². The number of aryl methyl sites for hydroxylation is 2. The fraction of sp³-hybridized carbons (Fsp3) is 0.143. The van der Waals surface area contributed by atoms with E-state index in [1.54, 1.807) is 6.08 Å². The van der Waals surface area contributed by atoms with Gasteiger partial charge in [0.1, 0.15) is 11.6 Å². The van der Waals surface area contributed by atoms with Crippen molar-refractivity contribution in [3.8, 4) is 11.8 Å². The Morgan fingerprint density at radius 1 is 0.938 bits per heavy atom. The number of carbonyl (C=O) groups is 1. The highest BCUT2D eigenvalue weighted by molar-refractivity contribution is 6.10. The second-order valence-electron chi connectivity index (χ2n) is 8.07. The zero-order chi connectivity index (χ0) is 22.8. The fourth-order valence-corrected chi connectivity index (χ4v) is 4.05. The number of amides is 1. The molecule has 4 heteroatoms. The van der Waals surface area contributed by atoms with Crippen LogP contribution in [0.3, 0.4) is 0 Å². The van der Waals surface area contributed by atoms with Crippen LogP contribution in [0.15, 0.2) is 72.3 Å². The van der Waals surface area contributed by atoms with Crippen LogP contribution < -0.4 is 5.32 Å². The summed E-state index contributed by atoms with van der Waals surface area (Å²) in [5.74, 6) is -0.417. The third-order valence-corrected chi connectivity index (χ3v) is 5.96. The van der Waals surface area contributed by atoms with Gasteiger partial charge >= 0.3 is 0 Å². The van der Waals surface area contributed by atoms with Crippen molar-refractivity contribution in [2.45, 2.75) is 27.7 Å². The van der Waals surface area contributed by atoms with Crippen LogP contribution in [-0.4, -0.2) is 10.5 Å². The maximum atomic E-state index is 12.8. The summed E-state index contributed by atoms with van der Waals surface area (Å²) in [6.07, 6.45) is 1.67. The lowest BCUT2D eigenvalue weighted by molar-refractivity contribution is -0.112. The number of nitriles is 1. The van der Waals surface area contributed by atoms with Crippen LogP contribution in [-0.2, 0) is 4.79 Å². The van der Waals surface area contributed by atoms with Crippen molar-refractivity contribution in [3.63, 3.8) is 0 Å². The Labute approximate surface area is 188 Å². The van der Waals surface area contributed by atoms with E-state index < -0.39 is 5.91 Å². The van der Waals surface area contributed by atoms with Gasteiger partial charge in [-0.15, -0.1) is 0 Å². The van der Waals surface area contributed by atoms with Gasteiger partial charge in [0.25, 0.3) is 5.91 Å². The molecule has 0 saturated heterocycles. The van der Waals surface area contributed by atoms with Crippen LogP contribution in [0.25, 0.3) is 22.5 Å². The third kappa shape index (κ3) is 3.93. The van der Waals surface area contributed by atoms with Crippen LogP contribution >= 0.6 is 0 Å². The molecule has 4 aromatic rings. The van der Waals surface area contributed by atoms with Gasteiger partial charge in [-0.2, -0.15) is 5.26 Å². The summed E-state index contributed by atoms with van der Waals surface area (Å²) in [7, 11) is 0. The van der Waals surface area contributed by atoms with Gasteiger partial charge in [0.05, 0.1) is 0 Å². The van der Waals surface area contributed by atoms with Gasteiger partial charge in [0.15, 0.2) is 0 Å². The third-order valence-electron chi connectivity index (χ3n) is 5.96. The predicted molar refractivity (Wildman–Crippen MR) is 131 cm³/mol. The van der Waals surface area contributed by atoms with E-state index in [0.29, 0.717) is 5.69 Å². The van der Waals surface area contributed by atoms with Crippen molar-refractivity contribution in [1.29, 1.82) is 5.26 Å². The van der Waals surface area contributed by atoms with Crippen LogP contribution in [0.2, 0.25) is 0 Å². The molecule has 3 aromatic carbocycles. The first kappa shape index (κ1) is 21.1. The number of carbonyl (C=O) groups excluding carboxylic acids is 1. The van der Waals surface area contributed by atoms with Crippen LogP contribution in [0.4, 0.5) is 5.69 Å². The van der Waals surface area contributed by atoms with Gasteiger partial charge in [-0.3, -0.25) is 4.79 Å². The molecule has 0 spiro atoms. The minimum absolute atomic E-state index is 0.0689. The molecule has 1 aromatic heterocycles. The Morgan fingerprint density at radius 3 is 2.44 bits per heavy atom. The highest BCUT2D eigenvalue weighted by Crippen LogP contribution is 2.26. The van der Waals surface area contributed by atoms with Gasteiger partial charge < -0.3 is 9.88 Å². The first-order chi connectivity index (χ1) is 15.4. The van der Waals surface area contributed by atoms with Gasteiger partial charge in [0.2, 0.25) is 0 Å². The van der Waals surface area contributed by atoms with E-state index in [4.69, 9.17) is 0 Å². The van der Waals surface area contributed by atoms with E-state index >= 15 is 0 Å². The van der Waals surface area contributed by atoms with E-state index in [1.807, 2.05) is 68.4 Å². The standard InChI is InChI=1S/C28H25N3O/c1-18-8-7-11-27(20(18)3)31-19(2)14-24(21(31)4)15-25(17-29)28(32)30-26-13-12-22-9-5-6-10-23(22)16-26/h5-16H,1-4H3,(H,30,32). The van der Waals surface area contributed by atoms with E-state index in [0.717, 1.165) is 33.4 Å². The summed E-state index contributed by atoms with van der Waals surface area (Å²) in [5, 5.41) is 14.7. The molecule has 0 aliphatic carbocycles. The number of rotatable bonds is 4. The van der Waals surface area contributed by atoms with E-state index in [9.17, 15) is 10.1 Å². The number of nitrogens with zero attached hydrogens (tertiary/aromatic N) is 2. The minimum Gasteiger partial charge on any atom is -0.321 e. The monoisotopic (exact) mass is 419 g/mol. The molecule has 0 bridgehead atoms. The number of aromatic nitrogens is 1. The Kier molecular flexibility index (Phi) is 5.66.